The van der Waals surface area contributed by atoms with Crippen LogP contribution in [0.25, 0.3) is 0 Å². The van der Waals surface area contributed by atoms with Gasteiger partial charge in [-0.2, -0.15) is 0 Å². The second-order valence-electron chi connectivity index (χ2n) is 5.71. The summed E-state index contributed by atoms with van der Waals surface area (Å²) in [5, 5.41) is 3.14. The van der Waals surface area contributed by atoms with Crippen molar-refractivity contribution in [3.8, 4) is 0 Å². The molecule has 0 spiro atoms. The summed E-state index contributed by atoms with van der Waals surface area (Å²) >= 11 is 12.0. The van der Waals surface area contributed by atoms with Crippen LogP contribution in [0.15, 0.2) is 59.3 Å². The second-order valence-corrected chi connectivity index (χ2v) is 6.52. The summed E-state index contributed by atoms with van der Waals surface area (Å²) in [6, 6.07) is 13.1. The summed E-state index contributed by atoms with van der Waals surface area (Å²) in [6.07, 6.45) is 0. The monoisotopic (exact) mass is 404 g/mol. The molecule has 1 N–H and O–H groups in total. The van der Waals surface area contributed by atoms with Crippen LogP contribution in [0.1, 0.15) is 15.9 Å². The number of methoxy groups -OCH3 is 1. The first kappa shape index (κ1) is 18.9. The lowest BCUT2D eigenvalue weighted by Crippen LogP contribution is -2.31. The van der Waals surface area contributed by atoms with E-state index in [0.717, 1.165) is 4.90 Å². The molecule has 0 atom stereocenters. The molecule has 2 aromatic rings. The van der Waals surface area contributed by atoms with Gasteiger partial charge >= 0.3 is 5.97 Å². The first-order valence-electron chi connectivity index (χ1n) is 7.86. The molecule has 1 aliphatic rings. The lowest BCUT2D eigenvalue weighted by atomic mass is 10.1. The zero-order valence-electron chi connectivity index (χ0n) is 14.2. The fourth-order valence-electron chi connectivity index (χ4n) is 2.56. The number of imide groups is 1. The van der Waals surface area contributed by atoms with E-state index in [4.69, 9.17) is 23.2 Å². The van der Waals surface area contributed by atoms with Gasteiger partial charge < -0.3 is 10.1 Å². The standard InChI is InChI=1S/C19H14Cl2N2O4/c1-27-19(26)12-7-5-11(6-8-12)10-23-17(24)15(21)16(18(23)25)22-14-4-2-3-13(20)9-14/h2-9,22H,10H2,1H3. The maximum Gasteiger partial charge on any atom is 0.337 e. The van der Waals surface area contributed by atoms with Crippen LogP contribution in [-0.2, 0) is 20.9 Å². The highest BCUT2D eigenvalue weighted by Crippen LogP contribution is 2.27. The smallest absolute Gasteiger partial charge is 0.337 e. The molecule has 0 aromatic heterocycles. The molecule has 0 bridgehead atoms. The number of benzene rings is 2. The quantitative estimate of drug-likeness (QED) is 0.608. The maximum atomic E-state index is 12.6. The average molecular weight is 405 g/mol. The van der Waals surface area contributed by atoms with Gasteiger partial charge in [0.15, 0.2) is 0 Å². The lowest BCUT2D eigenvalue weighted by Gasteiger charge is -2.15. The number of hydrogen-bond donors (Lipinski definition) is 1. The molecule has 0 fully saturated rings. The van der Waals surface area contributed by atoms with Crippen molar-refractivity contribution in [3.63, 3.8) is 0 Å². The molecule has 3 rings (SSSR count). The Hall–Kier alpha value is -2.83. The molecule has 0 radical (unpaired) electrons. The van der Waals surface area contributed by atoms with Crippen LogP contribution in [0.2, 0.25) is 5.02 Å². The predicted octanol–water partition coefficient (Wildman–Crippen LogP) is 3.56. The van der Waals surface area contributed by atoms with Gasteiger partial charge in [-0.1, -0.05) is 41.4 Å². The Bertz CT molecular complexity index is 954. The van der Waals surface area contributed by atoms with Gasteiger partial charge in [-0.25, -0.2) is 4.79 Å². The molecule has 2 amide bonds. The molecule has 0 aliphatic carbocycles. The molecular formula is C19H14Cl2N2O4. The normalized spacial score (nSPS) is 14.0. The Morgan fingerprint density at radius 2 is 1.78 bits per heavy atom. The number of hydrogen-bond acceptors (Lipinski definition) is 5. The van der Waals surface area contributed by atoms with Gasteiger partial charge in [-0.3, -0.25) is 14.5 Å². The molecule has 1 aliphatic heterocycles. The SMILES string of the molecule is COC(=O)c1ccc(CN2C(=O)C(Cl)=C(Nc3cccc(Cl)c3)C2=O)cc1. The van der Waals surface area contributed by atoms with Crippen molar-refractivity contribution in [2.24, 2.45) is 0 Å². The fraction of sp³-hybridized carbons (Fsp3) is 0.105. The third-order valence-electron chi connectivity index (χ3n) is 3.92. The minimum atomic E-state index is -0.594. The van der Waals surface area contributed by atoms with Crippen molar-refractivity contribution >= 4 is 46.7 Å². The molecule has 1 heterocycles. The van der Waals surface area contributed by atoms with E-state index < -0.39 is 17.8 Å². The number of carbonyl (C=O) groups excluding carboxylic acids is 3. The van der Waals surface area contributed by atoms with Gasteiger partial charge in [-0.15, -0.1) is 0 Å². The van der Waals surface area contributed by atoms with Crippen molar-refractivity contribution in [1.82, 2.24) is 4.90 Å². The van der Waals surface area contributed by atoms with Gasteiger partial charge in [0, 0.05) is 10.7 Å². The summed E-state index contributed by atoms with van der Waals surface area (Å²) in [7, 11) is 1.29. The Morgan fingerprint density at radius 3 is 2.41 bits per heavy atom. The molecule has 0 unspecified atom stereocenters. The number of nitrogens with one attached hydrogen (secondary N) is 1. The van der Waals surface area contributed by atoms with Crippen LogP contribution >= 0.6 is 23.2 Å². The number of anilines is 1. The summed E-state index contributed by atoms with van der Waals surface area (Å²) in [6.45, 7) is 0.0239. The molecule has 0 saturated carbocycles. The summed E-state index contributed by atoms with van der Waals surface area (Å²) in [5.41, 5.74) is 1.58. The predicted molar refractivity (Wildman–Crippen MR) is 101 cm³/mol. The number of amides is 2. The topological polar surface area (TPSA) is 75.7 Å². The molecule has 6 nitrogen and oxygen atoms in total. The van der Waals surface area contributed by atoms with E-state index in [0.29, 0.717) is 21.8 Å². The first-order valence-corrected chi connectivity index (χ1v) is 8.62. The van der Waals surface area contributed by atoms with Gasteiger partial charge in [0.25, 0.3) is 11.8 Å². The summed E-state index contributed by atoms with van der Waals surface area (Å²) in [5.74, 6) is -1.60. The lowest BCUT2D eigenvalue weighted by molar-refractivity contribution is -0.138. The van der Waals surface area contributed by atoms with Crippen LogP contribution in [0, 0.1) is 0 Å². The van der Waals surface area contributed by atoms with E-state index in [1.165, 1.54) is 7.11 Å². The number of carbonyl (C=O) groups is 3. The molecule has 0 saturated heterocycles. The highest BCUT2D eigenvalue weighted by Gasteiger charge is 2.37. The van der Waals surface area contributed by atoms with Crippen LogP contribution < -0.4 is 5.32 Å². The van der Waals surface area contributed by atoms with Crippen LogP contribution in [0.5, 0.6) is 0 Å². The van der Waals surface area contributed by atoms with E-state index in [9.17, 15) is 14.4 Å². The highest BCUT2D eigenvalue weighted by molar-refractivity contribution is 6.48. The molecule has 27 heavy (non-hydrogen) atoms. The zero-order chi connectivity index (χ0) is 19.6. The first-order chi connectivity index (χ1) is 12.9. The van der Waals surface area contributed by atoms with E-state index in [1.54, 1.807) is 48.5 Å². The highest BCUT2D eigenvalue weighted by atomic mass is 35.5. The largest absolute Gasteiger partial charge is 0.465 e. The molecular weight excluding hydrogens is 391 g/mol. The van der Waals surface area contributed by atoms with Gasteiger partial charge in [0.1, 0.15) is 10.7 Å². The van der Waals surface area contributed by atoms with Crippen LogP contribution in [-0.4, -0.2) is 29.8 Å². The Balaban J connectivity index is 1.76. The molecule has 8 heteroatoms. The number of rotatable bonds is 5. The average Bonchev–Trinajstić information content (AvgIpc) is 2.86. The van der Waals surface area contributed by atoms with Crippen molar-refractivity contribution in [2.75, 3.05) is 12.4 Å². The van der Waals surface area contributed by atoms with Crippen molar-refractivity contribution < 1.29 is 19.1 Å². The van der Waals surface area contributed by atoms with Gasteiger partial charge in [0.05, 0.1) is 19.2 Å². The number of ether oxygens (including phenoxy) is 1. The second kappa shape index (κ2) is 7.82. The number of halogens is 2. The third-order valence-corrected chi connectivity index (χ3v) is 4.51. The van der Waals surface area contributed by atoms with Crippen molar-refractivity contribution in [3.05, 3.63) is 75.4 Å². The van der Waals surface area contributed by atoms with Crippen molar-refractivity contribution in [1.29, 1.82) is 0 Å². The summed E-state index contributed by atoms with van der Waals surface area (Å²) < 4.78 is 4.64. The van der Waals surface area contributed by atoms with Gasteiger partial charge in [-0.05, 0) is 35.9 Å². The van der Waals surface area contributed by atoms with Crippen LogP contribution in [0.4, 0.5) is 5.69 Å². The van der Waals surface area contributed by atoms with E-state index in [1.807, 2.05) is 0 Å². The van der Waals surface area contributed by atoms with Crippen LogP contribution in [0.3, 0.4) is 0 Å². The zero-order valence-corrected chi connectivity index (χ0v) is 15.7. The fourth-order valence-corrected chi connectivity index (χ4v) is 2.98. The van der Waals surface area contributed by atoms with Gasteiger partial charge in [0.2, 0.25) is 0 Å². The minimum absolute atomic E-state index is 0.00452. The Kier molecular flexibility index (Phi) is 5.48. The van der Waals surface area contributed by atoms with Crippen molar-refractivity contribution in [2.45, 2.75) is 6.54 Å². The maximum absolute atomic E-state index is 12.6. The van der Waals surface area contributed by atoms with E-state index in [2.05, 4.69) is 10.1 Å². The summed E-state index contributed by atoms with van der Waals surface area (Å²) in [4.78, 5) is 37.5. The Labute approximate surface area is 165 Å². The molecule has 2 aromatic carbocycles. The number of nitrogens with zero attached hydrogens (tertiary/aromatic N) is 1. The Morgan fingerprint density at radius 1 is 1.07 bits per heavy atom. The molecule has 138 valence electrons. The third kappa shape index (κ3) is 3.97. The minimum Gasteiger partial charge on any atom is -0.465 e. The van der Waals surface area contributed by atoms with E-state index in [-0.39, 0.29) is 17.3 Å². The number of esters is 1. The van der Waals surface area contributed by atoms with E-state index >= 15 is 0 Å².